The van der Waals surface area contributed by atoms with E-state index < -0.39 is 5.82 Å². The third-order valence-electron chi connectivity index (χ3n) is 8.94. The first-order chi connectivity index (χ1) is 21.6. The minimum absolute atomic E-state index is 0.116. The van der Waals surface area contributed by atoms with Gasteiger partial charge in [0, 0.05) is 28.9 Å². The smallest absolute Gasteiger partial charge is 0.485 e. The first kappa shape index (κ1) is 38.4. The van der Waals surface area contributed by atoms with Crippen molar-refractivity contribution in [3.63, 3.8) is 0 Å². The molecule has 260 valence electrons. The number of hydrogen-bond acceptors (Lipinski definition) is 5. The fourth-order valence-corrected chi connectivity index (χ4v) is 5.68. The largest absolute Gasteiger partial charge is 0.519 e. The van der Waals surface area contributed by atoms with Gasteiger partial charge in [0.2, 0.25) is 0 Å². The van der Waals surface area contributed by atoms with Gasteiger partial charge in [-0.15, -0.1) is 0 Å². The molecule has 0 radical (unpaired) electrons. The van der Waals surface area contributed by atoms with E-state index in [4.69, 9.17) is 18.3 Å². The lowest BCUT2D eigenvalue weighted by atomic mass is 9.80. The Bertz CT molecular complexity index is 1520. The van der Waals surface area contributed by atoms with Crippen molar-refractivity contribution in [1.29, 1.82) is 0 Å². The summed E-state index contributed by atoms with van der Waals surface area (Å²) in [5.74, 6) is 2.26. The molecule has 0 spiro atoms. The van der Waals surface area contributed by atoms with Crippen molar-refractivity contribution in [1.82, 2.24) is 0 Å². The Balaban J connectivity index is 0.000000173. The van der Waals surface area contributed by atoms with Crippen molar-refractivity contribution < 1.29 is 18.3 Å². The highest BCUT2D eigenvalue weighted by Gasteiger charge is 2.35. The zero-order chi connectivity index (χ0) is 35.4. The third-order valence-corrected chi connectivity index (χ3v) is 8.94. The van der Waals surface area contributed by atoms with Crippen LogP contribution in [0.4, 0.5) is 0 Å². The quantitative estimate of drug-likeness (QED) is 0.263. The fourth-order valence-electron chi connectivity index (χ4n) is 5.68. The summed E-state index contributed by atoms with van der Waals surface area (Å²) in [5, 5.41) is 0. The Morgan fingerprint density at radius 1 is 0.787 bits per heavy atom. The molecular formula is C42H62O5. The molecule has 5 nitrogen and oxygen atoms in total. The van der Waals surface area contributed by atoms with Crippen LogP contribution in [0, 0.1) is 29.1 Å². The van der Waals surface area contributed by atoms with Gasteiger partial charge in [-0.25, -0.2) is 4.79 Å². The highest BCUT2D eigenvalue weighted by Crippen LogP contribution is 2.46. The third kappa shape index (κ3) is 11.3. The molecule has 0 amide bonds. The van der Waals surface area contributed by atoms with Crippen LogP contribution in [-0.2, 0) is 34.2 Å². The molecule has 2 aromatic carbocycles. The maximum absolute atomic E-state index is 10.7. The van der Waals surface area contributed by atoms with Crippen molar-refractivity contribution >= 4 is 5.76 Å². The van der Waals surface area contributed by atoms with Crippen LogP contribution in [0.5, 0.6) is 0 Å². The molecule has 3 heterocycles. The molecule has 47 heavy (non-hydrogen) atoms. The molecule has 2 aliphatic heterocycles. The molecule has 1 fully saturated rings. The fraction of sp³-hybridized carbons (Fsp3) is 0.595. The van der Waals surface area contributed by atoms with Crippen molar-refractivity contribution in [2.24, 2.45) is 22.2 Å². The van der Waals surface area contributed by atoms with E-state index >= 15 is 0 Å². The number of aryl methyl sites for hydroxylation is 3. The first-order valence-electron chi connectivity index (χ1n) is 17.3. The molecular weight excluding hydrogens is 584 g/mol. The maximum Gasteiger partial charge on any atom is 0.519 e. The van der Waals surface area contributed by atoms with Crippen LogP contribution in [0.15, 0.2) is 62.7 Å². The standard InChI is InChI=1S/C13H16O.C13H18.C9H14O3.C7H14O/c1-9-10-7-5-6-8-11(10)12(14-9)13(2,3)4;1-13(2,3)12-8-7-10-5-4-6-11(10)9-12;1-6-7(5-9(2,3)4)12-8(10)11-6;1-7(2,3)6-4-8-5-6/h5-8,12H,1H2,2-4H3;7-9H,4-6H2,1-3H3;5H2,1-4H3;6H,4-5H2,1-3H3. The lowest BCUT2D eigenvalue weighted by Gasteiger charge is -2.37. The SMILES string of the molecule is C=C1OC(C(C)(C)C)c2ccccc21.CC(C)(C)C1COC1.CC(C)(C)c1ccc2c(c1)CCC2.Cc1oc(=O)oc1CC(C)(C)C. The van der Waals surface area contributed by atoms with Crippen LogP contribution in [0.2, 0.25) is 0 Å². The molecule has 1 unspecified atom stereocenters. The first-order valence-corrected chi connectivity index (χ1v) is 17.3. The van der Waals surface area contributed by atoms with E-state index in [1.54, 1.807) is 18.1 Å². The van der Waals surface area contributed by atoms with Crippen LogP contribution < -0.4 is 5.82 Å². The Kier molecular flexibility index (Phi) is 12.3. The van der Waals surface area contributed by atoms with E-state index in [0.29, 0.717) is 22.4 Å². The monoisotopic (exact) mass is 646 g/mol. The van der Waals surface area contributed by atoms with Crippen molar-refractivity contribution in [2.45, 2.75) is 127 Å². The minimum atomic E-state index is -0.605. The van der Waals surface area contributed by atoms with Gasteiger partial charge >= 0.3 is 5.82 Å². The number of fused-ring (bicyclic) bond motifs is 2. The summed E-state index contributed by atoms with van der Waals surface area (Å²) >= 11 is 0. The second-order valence-electron chi connectivity index (χ2n) is 17.7. The molecule has 1 aromatic heterocycles. The normalized spacial score (nSPS) is 17.5. The van der Waals surface area contributed by atoms with E-state index in [-0.39, 0.29) is 16.9 Å². The summed E-state index contributed by atoms with van der Waals surface area (Å²) in [6.45, 7) is 34.1. The topological polar surface area (TPSA) is 61.8 Å². The second-order valence-corrected chi connectivity index (χ2v) is 17.7. The van der Waals surface area contributed by atoms with Crippen molar-refractivity contribution in [3.05, 3.63) is 99.0 Å². The summed E-state index contributed by atoms with van der Waals surface area (Å²) in [6, 6.07) is 15.3. The van der Waals surface area contributed by atoms with Crippen LogP contribution in [0.1, 0.15) is 135 Å². The molecule has 1 saturated heterocycles. The number of rotatable bonds is 1. The predicted octanol–water partition coefficient (Wildman–Crippen LogP) is 11.1. The van der Waals surface area contributed by atoms with Gasteiger partial charge in [0.05, 0.1) is 13.2 Å². The summed E-state index contributed by atoms with van der Waals surface area (Å²) in [5.41, 5.74) is 8.08. The summed E-state index contributed by atoms with van der Waals surface area (Å²) in [7, 11) is 0. The number of ether oxygens (including phenoxy) is 2. The van der Waals surface area contributed by atoms with Gasteiger partial charge < -0.3 is 18.3 Å². The summed E-state index contributed by atoms with van der Waals surface area (Å²) in [6.07, 6.45) is 4.80. The molecule has 0 bridgehead atoms. The molecule has 1 atom stereocenters. The zero-order valence-electron chi connectivity index (χ0n) is 31.7. The second kappa shape index (κ2) is 15.0. The minimum Gasteiger partial charge on any atom is -0.485 e. The van der Waals surface area contributed by atoms with E-state index in [9.17, 15) is 4.79 Å². The van der Waals surface area contributed by atoms with Crippen LogP contribution in [0.25, 0.3) is 5.76 Å². The summed E-state index contributed by atoms with van der Waals surface area (Å²) < 4.78 is 20.5. The highest BCUT2D eigenvalue weighted by atomic mass is 16.6. The molecule has 6 rings (SSSR count). The zero-order valence-corrected chi connectivity index (χ0v) is 31.7. The lowest BCUT2D eigenvalue weighted by Crippen LogP contribution is -2.37. The molecule has 3 aromatic rings. The average Bonchev–Trinajstić information content (AvgIpc) is 3.58. The Morgan fingerprint density at radius 2 is 1.40 bits per heavy atom. The van der Waals surface area contributed by atoms with Gasteiger partial charge in [0.25, 0.3) is 0 Å². The number of benzene rings is 2. The maximum atomic E-state index is 10.7. The van der Waals surface area contributed by atoms with Crippen molar-refractivity contribution in [2.75, 3.05) is 13.2 Å². The van der Waals surface area contributed by atoms with Gasteiger partial charge in [-0.2, -0.15) is 0 Å². The highest BCUT2D eigenvalue weighted by molar-refractivity contribution is 5.65. The lowest BCUT2D eigenvalue weighted by molar-refractivity contribution is -0.0821. The Morgan fingerprint density at radius 3 is 1.87 bits per heavy atom. The van der Waals surface area contributed by atoms with Crippen LogP contribution in [0.3, 0.4) is 0 Å². The van der Waals surface area contributed by atoms with Gasteiger partial charge in [-0.3, -0.25) is 0 Å². The van der Waals surface area contributed by atoms with Crippen molar-refractivity contribution in [3.8, 4) is 0 Å². The predicted molar refractivity (Wildman–Crippen MR) is 195 cm³/mol. The number of hydrogen-bond donors (Lipinski definition) is 0. The van der Waals surface area contributed by atoms with Gasteiger partial charge in [-0.1, -0.05) is 132 Å². The molecule has 0 N–H and O–H groups in total. The molecule has 3 aliphatic rings. The van der Waals surface area contributed by atoms with E-state index in [0.717, 1.165) is 36.9 Å². The van der Waals surface area contributed by atoms with E-state index in [1.165, 1.54) is 30.4 Å². The van der Waals surface area contributed by atoms with E-state index in [1.807, 2.05) is 6.07 Å². The average molecular weight is 647 g/mol. The van der Waals surface area contributed by atoms with Crippen LogP contribution in [-0.4, -0.2) is 13.2 Å². The molecule has 0 saturated carbocycles. The molecule has 5 heteroatoms. The summed E-state index contributed by atoms with van der Waals surface area (Å²) in [4.78, 5) is 10.7. The van der Waals surface area contributed by atoms with Gasteiger partial charge in [0.1, 0.15) is 23.4 Å². The van der Waals surface area contributed by atoms with Gasteiger partial charge in [-0.05, 0) is 59.1 Å². The Hall–Kier alpha value is -3.05. The van der Waals surface area contributed by atoms with Gasteiger partial charge in [0.15, 0.2) is 0 Å². The van der Waals surface area contributed by atoms with Crippen LogP contribution >= 0.6 is 0 Å². The molecule has 1 aliphatic carbocycles. The Labute approximate surface area is 285 Å². The van der Waals surface area contributed by atoms with E-state index in [2.05, 4.69) is 126 Å².